The molecule has 0 spiro atoms. The molecule has 0 N–H and O–H groups in total. The van der Waals surface area contributed by atoms with Crippen molar-refractivity contribution in [1.29, 1.82) is 0 Å². The zero-order valence-corrected chi connectivity index (χ0v) is 10.6. The fourth-order valence-electron chi connectivity index (χ4n) is 2.38. The molecule has 0 aliphatic carbocycles. The molecule has 3 nitrogen and oxygen atoms in total. The van der Waals surface area contributed by atoms with Crippen molar-refractivity contribution in [2.75, 3.05) is 18.6 Å². The predicted molar refractivity (Wildman–Crippen MR) is 68.5 cm³/mol. The SMILES string of the molecule is COc1ccc(N2C[C@H](C(C)C)[C@H]2C=O)cc1. The predicted octanol–water partition coefficient (Wildman–Crippen LogP) is 2.35. The molecule has 1 aromatic rings. The monoisotopic (exact) mass is 233 g/mol. The largest absolute Gasteiger partial charge is 0.497 e. The van der Waals surface area contributed by atoms with Crippen molar-refractivity contribution in [1.82, 2.24) is 0 Å². The van der Waals surface area contributed by atoms with E-state index in [1.807, 2.05) is 24.3 Å². The highest BCUT2D eigenvalue weighted by Gasteiger charge is 2.40. The van der Waals surface area contributed by atoms with Gasteiger partial charge in [-0.15, -0.1) is 0 Å². The number of methoxy groups -OCH3 is 1. The number of aldehydes is 1. The summed E-state index contributed by atoms with van der Waals surface area (Å²) in [4.78, 5) is 13.3. The normalized spacial score (nSPS) is 23.4. The van der Waals surface area contributed by atoms with Gasteiger partial charge in [0.05, 0.1) is 13.2 Å². The zero-order valence-electron chi connectivity index (χ0n) is 10.6. The van der Waals surface area contributed by atoms with Crippen LogP contribution in [-0.4, -0.2) is 26.0 Å². The molecule has 1 heterocycles. The number of nitrogens with zero attached hydrogens (tertiary/aromatic N) is 1. The van der Waals surface area contributed by atoms with Crippen molar-refractivity contribution in [2.24, 2.45) is 11.8 Å². The number of hydrogen-bond acceptors (Lipinski definition) is 3. The third-order valence-corrected chi connectivity index (χ3v) is 3.61. The van der Waals surface area contributed by atoms with E-state index in [9.17, 15) is 4.79 Å². The van der Waals surface area contributed by atoms with Crippen LogP contribution in [-0.2, 0) is 4.79 Å². The molecule has 2 atom stereocenters. The molecule has 1 aliphatic rings. The first-order chi connectivity index (χ1) is 8.17. The van der Waals surface area contributed by atoms with Gasteiger partial charge >= 0.3 is 0 Å². The van der Waals surface area contributed by atoms with E-state index in [1.54, 1.807) is 7.11 Å². The van der Waals surface area contributed by atoms with Crippen molar-refractivity contribution in [3.8, 4) is 5.75 Å². The van der Waals surface area contributed by atoms with Gasteiger partial charge in [-0.1, -0.05) is 13.8 Å². The highest BCUT2D eigenvalue weighted by molar-refractivity contribution is 5.70. The Hall–Kier alpha value is -1.51. The Morgan fingerprint density at radius 2 is 2.00 bits per heavy atom. The number of benzene rings is 1. The molecule has 1 fully saturated rings. The van der Waals surface area contributed by atoms with Gasteiger partial charge in [-0.2, -0.15) is 0 Å². The van der Waals surface area contributed by atoms with E-state index < -0.39 is 0 Å². The molecule has 0 unspecified atom stereocenters. The second kappa shape index (κ2) is 4.78. The summed E-state index contributed by atoms with van der Waals surface area (Å²) in [5.74, 6) is 1.88. The first-order valence-electron chi connectivity index (χ1n) is 6.03. The molecule has 1 aliphatic heterocycles. The number of anilines is 1. The van der Waals surface area contributed by atoms with E-state index in [0.29, 0.717) is 11.8 Å². The van der Waals surface area contributed by atoms with Crippen LogP contribution in [0.4, 0.5) is 5.69 Å². The van der Waals surface area contributed by atoms with Gasteiger partial charge in [0.1, 0.15) is 12.0 Å². The average molecular weight is 233 g/mol. The molecule has 0 aromatic heterocycles. The smallest absolute Gasteiger partial charge is 0.142 e. The average Bonchev–Trinajstić information content (AvgIpc) is 2.29. The molecule has 2 rings (SSSR count). The molecule has 17 heavy (non-hydrogen) atoms. The summed E-state index contributed by atoms with van der Waals surface area (Å²) < 4.78 is 5.13. The summed E-state index contributed by atoms with van der Waals surface area (Å²) in [6.07, 6.45) is 1.07. The van der Waals surface area contributed by atoms with Crippen molar-refractivity contribution in [3.05, 3.63) is 24.3 Å². The van der Waals surface area contributed by atoms with E-state index in [1.165, 1.54) is 0 Å². The first-order valence-corrected chi connectivity index (χ1v) is 6.03. The lowest BCUT2D eigenvalue weighted by atomic mass is 9.80. The second-order valence-electron chi connectivity index (χ2n) is 4.88. The Morgan fingerprint density at radius 1 is 1.35 bits per heavy atom. The molecule has 1 saturated heterocycles. The Morgan fingerprint density at radius 3 is 2.47 bits per heavy atom. The van der Waals surface area contributed by atoms with Gasteiger partial charge in [-0.05, 0) is 30.2 Å². The Bertz CT molecular complexity index is 386. The van der Waals surface area contributed by atoms with Gasteiger partial charge in [0, 0.05) is 18.2 Å². The summed E-state index contributed by atoms with van der Waals surface area (Å²) in [5.41, 5.74) is 1.10. The zero-order chi connectivity index (χ0) is 12.4. The van der Waals surface area contributed by atoms with E-state index in [-0.39, 0.29) is 6.04 Å². The summed E-state index contributed by atoms with van der Waals surface area (Å²) in [6.45, 7) is 5.31. The van der Waals surface area contributed by atoms with Crippen molar-refractivity contribution in [2.45, 2.75) is 19.9 Å². The lowest BCUT2D eigenvalue weighted by Gasteiger charge is -2.48. The van der Waals surface area contributed by atoms with Crippen LogP contribution in [0.2, 0.25) is 0 Å². The first kappa shape index (κ1) is 12.0. The van der Waals surface area contributed by atoms with E-state index in [0.717, 1.165) is 24.3 Å². The maximum atomic E-state index is 11.1. The highest BCUT2D eigenvalue weighted by Crippen LogP contribution is 2.35. The van der Waals surface area contributed by atoms with E-state index in [4.69, 9.17) is 4.74 Å². The quantitative estimate of drug-likeness (QED) is 0.748. The highest BCUT2D eigenvalue weighted by atomic mass is 16.5. The van der Waals surface area contributed by atoms with Crippen molar-refractivity contribution >= 4 is 12.0 Å². The standard InChI is InChI=1S/C14H19NO2/c1-10(2)13-8-15(14(13)9-16)11-4-6-12(17-3)7-5-11/h4-7,9-10,13-14H,8H2,1-3H3/t13-,14-/m1/s1. The number of rotatable bonds is 4. The van der Waals surface area contributed by atoms with Gasteiger partial charge in [0.15, 0.2) is 0 Å². The maximum Gasteiger partial charge on any atom is 0.142 e. The van der Waals surface area contributed by atoms with Gasteiger partial charge in [0.2, 0.25) is 0 Å². The molecule has 1 aromatic carbocycles. The van der Waals surface area contributed by atoms with Gasteiger partial charge in [0.25, 0.3) is 0 Å². The van der Waals surface area contributed by atoms with Crippen LogP contribution in [0.5, 0.6) is 5.75 Å². The molecule has 0 radical (unpaired) electrons. The van der Waals surface area contributed by atoms with Gasteiger partial charge in [-0.3, -0.25) is 0 Å². The van der Waals surface area contributed by atoms with Crippen LogP contribution in [0, 0.1) is 11.8 Å². The number of ether oxygens (including phenoxy) is 1. The third-order valence-electron chi connectivity index (χ3n) is 3.61. The lowest BCUT2D eigenvalue weighted by Crippen LogP contribution is -2.59. The number of hydrogen-bond donors (Lipinski definition) is 0. The summed E-state index contributed by atoms with van der Waals surface area (Å²) in [7, 11) is 1.65. The van der Waals surface area contributed by atoms with Crippen LogP contribution in [0.15, 0.2) is 24.3 Å². The van der Waals surface area contributed by atoms with E-state index in [2.05, 4.69) is 18.7 Å². The van der Waals surface area contributed by atoms with Crippen LogP contribution >= 0.6 is 0 Å². The summed E-state index contributed by atoms with van der Waals surface area (Å²) in [6, 6.07) is 7.90. The fourth-order valence-corrected chi connectivity index (χ4v) is 2.38. The number of carbonyl (C=O) groups excluding carboxylic acids is 1. The minimum atomic E-state index is 0.0309. The summed E-state index contributed by atoms with van der Waals surface area (Å²) in [5, 5.41) is 0. The minimum absolute atomic E-state index is 0.0309. The maximum absolute atomic E-state index is 11.1. The molecule has 0 amide bonds. The van der Waals surface area contributed by atoms with Crippen molar-refractivity contribution in [3.63, 3.8) is 0 Å². The Labute approximate surface area is 102 Å². The van der Waals surface area contributed by atoms with Crippen LogP contribution in [0.1, 0.15) is 13.8 Å². The molecule has 92 valence electrons. The molecule has 0 saturated carbocycles. The minimum Gasteiger partial charge on any atom is -0.497 e. The summed E-state index contributed by atoms with van der Waals surface area (Å²) >= 11 is 0. The molecular formula is C14H19NO2. The van der Waals surface area contributed by atoms with Crippen LogP contribution in [0.25, 0.3) is 0 Å². The van der Waals surface area contributed by atoms with Gasteiger partial charge in [-0.25, -0.2) is 0 Å². The molecule has 3 heteroatoms. The van der Waals surface area contributed by atoms with Crippen LogP contribution < -0.4 is 9.64 Å². The van der Waals surface area contributed by atoms with Crippen molar-refractivity contribution < 1.29 is 9.53 Å². The Balaban J connectivity index is 2.10. The van der Waals surface area contributed by atoms with Crippen LogP contribution in [0.3, 0.4) is 0 Å². The fraction of sp³-hybridized carbons (Fsp3) is 0.500. The molecule has 0 bridgehead atoms. The number of carbonyl (C=O) groups is 1. The lowest BCUT2D eigenvalue weighted by molar-refractivity contribution is -0.111. The third kappa shape index (κ3) is 2.14. The second-order valence-corrected chi connectivity index (χ2v) is 4.88. The molecular weight excluding hydrogens is 214 g/mol. The Kier molecular flexibility index (Phi) is 3.36. The van der Waals surface area contributed by atoms with E-state index >= 15 is 0 Å². The van der Waals surface area contributed by atoms with Gasteiger partial charge < -0.3 is 14.4 Å². The topological polar surface area (TPSA) is 29.5 Å².